The van der Waals surface area contributed by atoms with E-state index in [4.69, 9.17) is 5.73 Å². The first-order valence-electron chi connectivity index (χ1n) is 8.10. The number of phenolic OH excluding ortho intramolecular Hbond substituents is 1. The first-order chi connectivity index (χ1) is 12.0. The number of nitrogens with one attached hydrogen (secondary N) is 1. The van der Waals surface area contributed by atoms with E-state index in [1.54, 1.807) is 16.8 Å². The summed E-state index contributed by atoms with van der Waals surface area (Å²) in [5.74, 6) is 0.675. The third kappa shape index (κ3) is 2.26. The van der Waals surface area contributed by atoms with Gasteiger partial charge in [0.2, 0.25) is 0 Å². The van der Waals surface area contributed by atoms with Gasteiger partial charge in [0, 0.05) is 11.5 Å². The number of nitrogen functional groups attached to an aromatic ring is 1. The number of para-hydroxylation sites is 1. The van der Waals surface area contributed by atoms with E-state index in [2.05, 4.69) is 23.9 Å². The first kappa shape index (κ1) is 15.3. The van der Waals surface area contributed by atoms with E-state index in [-0.39, 0.29) is 17.2 Å². The van der Waals surface area contributed by atoms with Gasteiger partial charge < -0.3 is 15.8 Å². The minimum Gasteiger partial charge on any atom is -0.508 e. The summed E-state index contributed by atoms with van der Waals surface area (Å²) >= 11 is 0. The van der Waals surface area contributed by atoms with Gasteiger partial charge in [0.15, 0.2) is 0 Å². The highest BCUT2D eigenvalue weighted by Crippen LogP contribution is 2.30. The van der Waals surface area contributed by atoms with Crippen molar-refractivity contribution < 1.29 is 5.11 Å². The highest BCUT2D eigenvalue weighted by Gasteiger charge is 2.18. The van der Waals surface area contributed by atoms with Crippen molar-refractivity contribution in [3.63, 3.8) is 0 Å². The summed E-state index contributed by atoms with van der Waals surface area (Å²) in [5, 5.41) is 15.4. The third-order valence-corrected chi connectivity index (χ3v) is 4.44. The van der Waals surface area contributed by atoms with Crippen LogP contribution in [0, 0.1) is 0 Å². The van der Waals surface area contributed by atoms with Gasteiger partial charge in [0.25, 0.3) is 5.56 Å². The molecule has 0 saturated heterocycles. The Labute approximate surface area is 143 Å². The molecule has 0 unspecified atom stereocenters. The predicted octanol–water partition coefficient (Wildman–Crippen LogP) is 3.28. The summed E-state index contributed by atoms with van der Waals surface area (Å²) in [5.41, 5.74) is 8.98. The Morgan fingerprint density at radius 3 is 2.72 bits per heavy atom. The molecule has 25 heavy (non-hydrogen) atoms. The molecule has 0 saturated carbocycles. The summed E-state index contributed by atoms with van der Waals surface area (Å²) in [7, 11) is 0. The van der Waals surface area contributed by atoms with Crippen molar-refractivity contribution in [1.29, 1.82) is 0 Å². The number of fused-ring (bicyclic) bond motifs is 3. The molecule has 0 aliphatic carbocycles. The van der Waals surface area contributed by atoms with E-state index in [9.17, 15) is 9.90 Å². The second-order valence-electron chi connectivity index (χ2n) is 6.42. The van der Waals surface area contributed by atoms with Crippen molar-refractivity contribution in [2.45, 2.75) is 19.8 Å². The Bertz CT molecular complexity index is 1170. The molecule has 4 rings (SSSR count). The fourth-order valence-electron chi connectivity index (χ4n) is 3.22. The Morgan fingerprint density at radius 2 is 1.96 bits per heavy atom. The summed E-state index contributed by atoms with van der Waals surface area (Å²) in [6.07, 6.45) is 0. The molecule has 2 heterocycles. The summed E-state index contributed by atoms with van der Waals surface area (Å²) in [4.78, 5) is 15.3. The monoisotopic (exact) mass is 334 g/mol. The molecule has 4 N–H and O–H groups in total. The minimum atomic E-state index is -0.320. The van der Waals surface area contributed by atoms with Crippen molar-refractivity contribution in [3.8, 4) is 11.4 Å². The van der Waals surface area contributed by atoms with Crippen LogP contribution in [-0.2, 0) is 0 Å². The van der Waals surface area contributed by atoms with Crippen molar-refractivity contribution in [2.24, 2.45) is 0 Å². The molecule has 0 radical (unpaired) electrons. The fraction of sp³-hybridized carbons (Fsp3) is 0.158. The summed E-state index contributed by atoms with van der Waals surface area (Å²) in [6, 6.07) is 12.7. The van der Waals surface area contributed by atoms with E-state index in [0.717, 1.165) is 16.6 Å². The summed E-state index contributed by atoms with van der Waals surface area (Å²) < 4.78 is 1.63. The van der Waals surface area contributed by atoms with E-state index in [1.165, 1.54) is 6.07 Å². The van der Waals surface area contributed by atoms with Crippen LogP contribution in [0.25, 0.3) is 27.5 Å². The van der Waals surface area contributed by atoms with Gasteiger partial charge in [-0.1, -0.05) is 32.0 Å². The number of hydrogen-bond donors (Lipinski definition) is 3. The number of pyridine rings is 1. The number of phenols is 1. The van der Waals surface area contributed by atoms with Crippen LogP contribution in [0.4, 0.5) is 5.82 Å². The van der Waals surface area contributed by atoms with Gasteiger partial charge in [0.1, 0.15) is 22.5 Å². The molecule has 0 aliphatic heterocycles. The number of aromatic amines is 1. The number of nitrogens with zero attached hydrogens (tertiary/aromatic N) is 2. The second-order valence-corrected chi connectivity index (χ2v) is 6.42. The van der Waals surface area contributed by atoms with Gasteiger partial charge >= 0.3 is 0 Å². The topological polar surface area (TPSA) is 96.9 Å². The first-order valence-corrected chi connectivity index (χ1v) is 8.10. The Morgan fingerprint density at radius 1 is 1.20 bits per heavy atom. The lowest BCUT2D eigenvalue weighted by atomic mass is 10.0. The Hall–Kier alpha value is -3.28. The molecule has 0 atom stereocenters. The van der Waals surface area contributed by atoms with Crippen LogP contribution >= 0.6 is 0 Å². The van der Waals surface area contributed by atoms with Crippen molar-refractivity contribution in [1.82, 2.24) is 14.8 Å². The number of aromatic nitrogens is 3. The molecule has 0 bridgehead atoms. The van der Waals surface area contributed by atoms with Gasteiger partial charge in [-0.15, -0.1) is 0 Å². The average molecular weight is 334 g/mol. The molecule has 2 aromatic carbocycles. The largest absolute Gasteiger partial charge is 0.508 e. The Balaban J connectivity index is 2.12. The lowest BCUT2D eigenvalue weighted by Gasteiger charge is -2.13. The van der Waals surface area contributed by atoms with Crippen LogP contribution in [-0.4, -0.2) is 19.9 Å². The van der Waals surface area contributed by atoms with E-state index in [0.29, 0.717) is 22.2 Å². The van der Waals surface area contributed by atoms with Crippen molar-refractivity contribution in [2.75, 3.05) is 5.73 Å². The highest BCUT2D eigenvalue weighted by molar-refractivity contribution is 6.07. The van der Waals surface area contributed by atoms with Crippen LogP contribution in [0.15, 0.2) is 47.3 Å². The van der Waals surface area contributed by atoms with E-state index < -0.39 is 0 Å². The van der Waals surface area contributed by atoms with Crippen LogP contribution in [0.2, 0.25) is 0 Å². The zero-order valence-corrected chi connectivity index (χ0v) is 13.9. The molecule has 6 nitrogen and oxygen atoms in total. The number of benzene rings is 2. The lowest BCUT2D eigenvalue weighted by Crippen LogP contribution is -2.09. The number of hydrogen-bond acceptors (Lipinski definition) is 4. The molecule has 126 valence electrons. The van der Waals surface area contributed by atoms with Gasteiger partial charge in [0.05, 0.1) is 11.2 Å². The van der Waals surface area contributed by atoms with Gasteiger partial charge in [-0.25, -0.2) is 4.68 Å². The molecular formula is C19H18N4O2. The minimum absolute atomic E-state index is 0.0834. The van der Waals surface area contributed by atoms with Crippen LogP contribution < -0.4 is 11.3 Å². The van der Waals surface area contributed by atoms with Crippen molar-refractivity contribution in [3.05, 3.63) is 58.4 Å². The maximum absolute atomic E-state index is 12.5. The number of aromatic hydroxyl groups is 1. The third-order valence-electron chi connectivity index (χ3n) is 4.44. The standard InChI is InChI=1S/C19H18N4O2/c1-10(2)12-5-3-4-6-15(12)23-18(20)16-17(22-23)13-8-7-11(24)9-14(13)21-19(16)25/h3-10,24H,20H2,1-2H3,(H,21,25). The molecule has 4 aromatic rings. The number of nitrogens with two attached hydrogens (primary N) is 1. The van der Waals surface area contributed by atoms with Gasteiger partial charge in [-0.05, 0) is 29.7 Å². The van der Waals surface area contributed by atoms with E-state index >= 15 is 0 Å². The molecule has 0 aliphatic rings. The molecule has 0 spiro atoms. The molecule has 6 heteroatoms. The quantitative estimate of drug-likeness (QED) is 0.524. The van der Waals surface area contributed by atoms with Crippen LogP contribution in [0.3, 0.4) is 0 Å². The lowest BCUT2D eigenvalue weighted by molar-refractivity contribution is 0.476. The maximum Gasteiger partial charge on any atom is 0.261 e. The SMILES string of the molecule is CC(C)c1ccccc1-n1nc2c(c1N)c(=O)[nH]c1cc(O)ccc12. The number of H-pyrrole nitrogens is 1. The zero-order valence-electron chi connectivity index (χ0n) is 13.9. The zero-order chi connectivity index (χ0) is 17.7. The Kier molecular flexibility index (Phi) is 3.28. The van der Waals surface area contributed by atoms with Gasteiger partial charge in [-0.2, -0.15) is 5.10 Å². The van der Waals surface area contributed by atoms with E-state index in [1.807, 2.05) is 24.3 Å². The van der Waals surface area contributed by atoms with Gasteiger partial charge in [-0.3, -0.25) is 4.79 Å². The average Bonchev–Trinajstić information content (AvgIpc) is 2.92. The van der Waals surface area contributed by atoms with Crippen LogP contribution in [0.5, 0.6) is 5.75 Å². The molecule has 0 fully saturated rings. The maximum atomic E-state index is 12.5. The second kappa shape index (κ2) is 5.37. The fourth-order valence-corrected chi connectivity index (χ4v) is 3.22. The normalized spacial score (nSPS) is 11.6. The summed E-state index contributed by atoms with van der Waals surface area (Å²) in [6.45, 7) is 4.20. The smallest absolute Gasteiger partial charge is 0.261 e. The number of anilines is 1. The number of rotatable bonds is 2. The van der Waals surface area contributed by atoms with Crippen molar-refractivity contribution >= 4 is 27.6 Å². The molecule has 2 aromatic heterocycles. The predicted molar refractivity (Wildman–Crippen MR) is 99.4 cm³/mol. The molecular weight excluding hydrogens is 316 g/mol. The highest BCUT2D eigenvalue weighted by atomic mass is 16.3. The van der Waals surface area contributed by atoms with Crippen LogP contribution in [0.1, 0.15) is 25.3 Å². The molecule has 0 amide bonds.